The number of rotatable bonds is 10. The molecule has 0 fully saturated rings. The van der Waals surface area contributed by atoms with E-state index in [0.29, 0.717) is 22.4 Å². The summed E-state index contributed by atoms with van der Waals surface area (Å²) in [5.41, 5.74) is 2.92. The van der Waals surface area contributed by atoms with Crippen molar-refractivity contribution in [3.05, 3.63) is 57.9 Å². The number of ether oxygens (including phenoxy) is 3. The van der Waals surface area contributed by atoms with Gasteiger partial charge in [-0.1, -0.05) is 24.3 Å². The molecule has 1 aromatic heterocycles. The van der Waals surface area contributed by atoms with E-state index < -0.39 is 24.7 Å². The Hall–Kier alpha value is -2.85. The summed E-state index contributed by atoms with van der Waals surface area (Å²) in [6.45, 7) is 2.45. The number of aromatic amines is 1. The van der Waals surface area contributed by atoms with Gasteiger partial charge in [-0.15, -0.1) is 0 Å². The quantitative estimate of drug-likeness (QED) is 0.435. The third-order valence-corrected chi connectivity index (χ3v) is 4.40. The van der Waals surface area contributed by atoms with Crippen molar-refractivity contribution in [1.82, 2.24) is 10.3 Å². The Morgan fingerprint density at radius 1 is 1.06 bits per heavy atom. The maximum atomic E-state index is 12.5. The van der Waals surface area contributed by atoms with Crippen LogP contribution in [-0.2, 0) is 27.4 Å². The molecular weight excluding hydrogens is 417 g/mol. The van der Waals surface area contributed by atoms with Gasteiger partial charge in [0.15, 0.2) is 0 Å². The van der Waals surface area contributed by atoms with Gasteiger partial charge in [-0.2, -0.15) is 13.2 Å². The molecular formula is C21H25F3N2O5. The van der Waals surface area contributed by atoms with Gasteiger partial charge in [-0.3, -0.25) is 4.79 Å². The number of carbonyl (C=O) groups is 2. The van der Waals surface area contributed by atoms with Crippen LogP contribution in [0.2, 0.25) is 0 Å². The summed E-state index contributed by atoms with van der Waals surface area (Å²) in [6.07, 6.45) is -4.36. The predicted molar refractivity (Wildman–Crippen MR) is 106 cm³/mol. The molecule has 2 aromatic rings. The lowest BCUT2D eigenvalue weighted by atomic mass is 10.1. The van der Waals surface area contributed by atoms with Crippen LogP contribution in [0.15, 0.2) is 24.3 Å². The van der Waals surface area contributed by atoms with Crippen LogP contribution in [0.25, 0.3) is 0 Å². The van der Waals surface area contributed by atoms with Crippen molar-refractivity contribution in [2.45, 2.75) is 33.2 Å². The number of aryl methyl sites for hydroxylation is 1. The molecule has 1 heterocycles. The average Bonchev–Trinajstić information content (AvgIpc) is 3.00. The maximum Gasteiger partial charge on any atom is 0.411 e. The zero-order valence-electron chi connectivity index (χ0n) is 17.5. The standard InChI is InChI=1S/C21H25F3N2O5/c1-13-17(20(28)31-9-8-29-3)14(2)26-18(13)19(27)25-10-15-4-6-16(7-5-15)11-30-12-21(22,23)24/h4-7,26H,8-12H2,1-3H3,(H,25,27). The van der Waals surface area contributed by atoms with E-state index in [9.17, 15) is 22.8 Å². The Labute approximate surface area is 177 Å². The number of methoxy groups -OCH3 is 1. The highest BCUT2D eigenvalue weighted by atomic mass is 19.4. The second kappa shape index (κ2) is 11.0. The number of halogens is 3. The molecule has 2 rings (SSSR count). The lowest BCUT2D eigenvalue weighted by molar-refractivity contribution is -0.176. The van der Waals surface area contributed by atoms with E-state index >= 15 is 0 Å². The van der Waals surface area contributed by atoms with Crippen LogP contribution in [0.3, 0.4) is 0 Å². The summed E-state index contributed by atoms with van der Waals surface area (Å²) >= 11 is 0. The maximum absolute atomic E-state index is 12.5. The molecule has 31 heavy (non-hydrogen) atoms. The fourth-order valence-electron chi connectivity index (χ4n) is 2.88. The lowest BCUT2D eigenvalue weighted by Crippen LogP contribution is -2.24. The second-order valence-corrected chi connectivity index (χ2v) is 6.86. The number of alkyl halides is 3. The first-order chi connectivity index (χ1) is 14.6. The lowest BCUT2D eigenvalue weighted by Gasteiger charge is -2.09. The number of carbonyl (C=O) groups excluding carboxylic acids is 2. The molecule has 0 saturated heterocycles. The molecule has 10 heteroatoms. The molecule has 0 radical (unpaired) electrons. The molecule has 1 amide bonds. The normalized spacial score (nSPS) is 11.4. The zero-order chi connectivity index (χ0) is 23.0. The van der Waals surface area contributed by atoms with E-state index in [1.807, 2.05) is 0 Å². The van der Waals surface area contributed by atoms with Gasteiger partial charge in [0.2, 0.25) is 0 Å². The van der Waals surface area contributed by atoms with E-state index in [1.165, 1.54) is 7.11 Å². The Morgan fingerprint density at radius 3 is 2.32 bits per heavy atom. The van der Waals surface area contributed by atoms with Crippen molar-refractivity contribution in [1.29, 1.82) is 0 Å². The SMILES string of the molecule is COCCOC(=O)c1c(C)[nH]c(C(=O)NCc2ccc(COCC(F)(F)F)cc2)c1C. The molecule has 0 spiro atoms. The molecule has 170 valence electrons. The summed E-state index contributed by atoms with van der Waals surface area (Å²) in [5.74, 6) is -0.931. The van der Waals surface area contributed by atoms with Gasteiger partial charge in [-0.05, 0) is 30.5 Å². The van der Waals surface area contributed by atoms with Gasteiger partial charge in [0.25, 0.3) is 5.91 Å². The van der Waals surface area contributed by atoms with Crippen LogP contribution in [0.4, 0.5) is 13.2 Å². The second-order valence-electron chi connectivity index (χ2n) is 6.86. The molecule has 7 nitrogen and oxygen atoms in total. The van der Waals surface area contributed by atoms with Crippen LogP contribution in [0, 0.1) is 13.8 Å². The number of esters is 1. The topological polar surface area (TPSA) is 89.7 Å². The molecule has 0 bridgehead atoms. The summed E-state index contributed by atoms with van der Waals surface area (Å²) in [6, 6.07) is 6.65. The van der Waals surface area contributed by atoms with Crippen LogP contribution >= 0.6 is 0 Å². The number of aromatic nitrogens is 1. The average molecular weight is 442 g/mol. The predicted octanol–water partition coefficient (Wildman–Crippen LogP) is 3.44. The van der Waals surface area contributed by atoms with Gasteiger partial charge in [-0.25, -0.2) is 4.79 Å². The van der Waals surface area contributed by atoms with E-state index in [0.717, 1.165) is 5.56 Å². The Bertz CT molecular complexity index is 892. The molecule has 2 N–H and O–H groups in total. The Morgan fingerprint density at radius 2 is 1.71 bits per heavy atom. The minimum Gasteiger partial charge on any atom is -0.460 e. The molecule has 0 aliphatic carbocycles. The number of hydrogen-bond acceptors (Lipinski definition) is 5. The minimum atomic E-state index is -4.36. The van der Waals surface area contributed by atoms with Gasteiger partial charge < -0.3 is 24.5 Å². The van der Waals surface area contributed by atoms with Crippen molar-refractivity contribution in [2.75, 3.05) is 26.9 Å². The van der Waals surface area contributed by atoms with Crippen molar-refractivity contribution >= 4 is 11.9 Å². The first kappa shape index (κ1) is 24.4. The number of benzene rings is 1. The number of nitrogens with one attached hydrogen (secondary N) is 2. The summed E-state index contributed by atoms with van der Waals surface area (Å²) in [4.78, 5) is 27.7. The number of amides is 1. The Balaban J connectivity index is 1.92. The smallest absolute Gasteiger partial charge is 0.411 e. The minimum absolute atomic E-state index is 0.109. The van der Waals surface area contributed by atoms with Gasteiger partial charge in [0.1, 0.15) is 18.9 Å². The van der Waals surface area contributed by atoms with Crippen LogP contribution in [0.1, 0.15) is 43.2 Å². The Kier molecular flexibility index (Phi) is 8.64. The summed E-state index contributed by atoms with van der Waals surface area (Å²) < 4.78 is 50.9. The summed E-state index contributed by atoms with van der Waals surface area (Å²) in [7, 11) is 1.50. The molecule has 0 unspecified atom stereocenters. The van der Waals surface area contributed by atoms with Crippen LogP contribution < -0.4 is 5.32 Å². The molecule has 1 aromatic carbocycles. The van der Waals surface area contributed by atoms with Gasteiger partial charge >= 0.3 is 12.1 Å². The fourth-order valence-corrected chi connectivity index (χ4v) is 2.88. The first-order valence-electron chi connectivity index (χ1n) is 9.48. The van der Waals surface area contributed by atoms with Crippen molar-refractivity contribution in [3.8, 4) is 0 Å². The third-order valence-electron chi connectivity index (χ3n) is 4.40. The van der Waals surface area contributed by atoms with E-state index in [-0.39, 0.29) is 32.1 Å². The molecule has 0 aliphatic heterocycles. The summed E-state index contributed by atoms with van der Waals surface area (Å²) in [5, 5.41) is 2.75. The molecule has 0 saturated carbocycles. The number of hydrogen-bond donors (Lipinski definition) is 2. The monoisotopic (exact) mass is 442 g/mol. The van der Waals surface area contributed by atoms with Crippen LogP contribution in [-0.4, -0.2) is 50.0 Å². The first-order valence-corrected chi connectivity index (χ1v) is 9.48. The fraction of sp³-hybridized carbons (Fsp3) is 0.429. The van der Waals surface area contributed by atoms with Crippen molar-refractivity contribution < 1.29 is 37.0 Å². The van der Waals surface area contributed by atoms with Crippen molar-refractivity contribution in [3.63, 3.8) is 0 Å². The van der Waals surface area contributed by atoms with Crippen molar-refractivity contribution in [2.24, 2.45) is 0 Å². The highest BCUT2D eigenvalue weighted by Crippen LogP contribution is 2.19. The highest BCUT2D eigenvalue weighted by molar-refractivity contribution is 6.00. The molecule has 0 atom stereocenters. The van der Waals surface area contributed by atoms with E-state index in [2.05, 4.69) is 15.0 Å². The highest BCUT2D eigenvalue weighted by Gasteiger charge is 2.27. The third kappa shape index (κ3) is 7.41. The zero-order valence-corrected chi connectivity index (χ0v) is 17.5. The van der Waals surface area contributed by atoms with E-state index in [1.54, 1.807) is 38.1 Å². The number of H-pyrrole nitrogens is 1. The largest absolute Gasteiger partial charge is 0.460 e. The van der Waals surface area contributed by atoms with Gasteiger partial charge in [0.05, 0.1) is 18.8 Å². The molecule has 0 aliphatic rings. The van der Waals surface area contributed by atoms with Crippen LogP contribution in [0.5, 0.6) is 0 Å². The van der Waals surface area contributed by atoms with Gasteiger partial charge in [0, 0.05) is 19.3 Å². The van der Waals surface area contributed by atoms with E-state index in [4.69, 9.17) is 9.47 Å².